The maximum Gasteiger partial charge on any atom is 0.475 e. The molecule has 0 radical (unpaired) electrons. The number of carbonyl (C=O) groups excluding carboxylic acids is 1. The lowest BCUT2D eigenvalue weighted by Gasteiger charge is -2.19. The summed E-state index contributed by atoms with van der Waals surface area (Å²) in [6.45, 7) is 2.15. The Kier molecular flexibility index (Phi) is 6.58. The van der Waals surface area contributed by atoms with Crippen molar-refractivity contribution in [2.24, 2.45) is 5.73 Å². The van der Waals surface area contributed by atoms with Gasteiger partial charge in [-0.25, -0.2) is 0 Å². The van der Waals surface area contributed by atoms with E-state index in [0.29, 0.717) is 17.7 Å². The Morgan fingerprint density at radius 1 is 1.20 bits per heavy atom. The summed E-state index contributed by atoms with van der Waals surface area (Å²) in [7, 11) is -1.74. The van der Waals surface area contributed by atoms with Crippen molar-refractivity contribution in [1.29, 1.82) is 0 Å². The minimum Gasteiger partial charge on any atom is -0.507 e. The summed E-state index contributed by atoms with van der Waals surface area (Å²) in [5.41, 5.74) is 8.55. The fraction of sp³-hybridized carbons (Fsp3) is 0.278. The topological polar surface area (TPSA) is 116 Å². The molecule has 1 atom stereocenters. The van der Waals surface area contributed by atoms with Crippen molar-refractivity contribution in [2.75, 3.05) is 0 Å². The van der Waals surface area contributed by atoms with Gasteiger partial charge in [-0.1, -0.05) is 42.5 Å². The minimum atomic E-state index is -1.74. The molecule has 2 rings (SSSR count). The number of phenols is 1. The molecular formula is C18H23BN2O4. The molecule has 0 fully saturated rings. The molecule has 0 aliphatic carbocycles. The van der Waals surface area contributed by atoms with Gasteiger partial charge in [0, 0.05) is 6.54 Å². The van der Waals surface area contributed by atoms with Gasteiger partial charge in [0.05, 0.1) is 12.4 Å². The van der Waals surface area contributed by atoms with Crippen molar-refractivity contribution in [1.82, 2.24) is 5.32 Å². The van der Waals surface area contributed by atoms with Crippen LogP contribution in [0.15, 0.2) is 42.5 Å². The fourth-order valence-corrected chi connectivity index (χ4v) is 2.66. The monoisotopic (exact) mass is 342 g/mol. The number of nitrogens with one attached hydrogen (secondary N) is 1. The van der Waals surface area contributed by atoms with Gasteiger partial charge in [0.25, 0.3) is 0 Å². The Morgan fingerprint density at radius 3 is 2.56 bits per heavy atom. The second-order valence-electron chi connectivity index (χ2n) is 6.08. The summed E-state index contributed by atoms with van der Waals surface area (Å²) in [6, 6.07) is 12.6. The van der Waals surface area contributed by atoms with Crippen LogP contribution in [0, 0.1) is 6.92 Å². The molecule has 0 bridgehead atoms. The number of aryl methyl sites for hydroxylation is 1. The van der Waals surface area contributed by atoms with Gasteiger partial charge in [-0.15, -0.1) is 0 Å². The summed E-state index contributed by atoms with van der Waals surface area (Å²) in [5.74, 6) is -1.16. The van der Waals surface area contributed by atoms with Crippen LogP contribution in [0.1, 0.15) is 22.3 Å². The van der Waals surface area contributed by atoms with Gasteiger partial charge in [0.2, 0.25) is 5.91 Å². The van der Waals surface area contributed by atoms with Crippen LogP contribution in [-0.2, 0) is 24.2 Å². The van der Waals surface area contributed by atoms with Crippen LogP contribution in [0.2, 0.25) is 0 Å². The third-order valence-corrected chi connectivity index (χ3v) is 4.06. The molecule has 2 aromatic carbocycles. The Hall–Kier alpha value is -2.35. The highest BCUT2D eigenvalue weighted by Crippen LogP contribution is 2.22. The number of hydrogen-bond acceptors (Lipinski definition) is 5. The maximum absolute atomic E-state index is 12.2. The Morgan fingerprint density at radius 2 is 1.88 bits per heavy atom. The number of aromatic hydroxyl groups is 1. The first-order valence-corrected chi connectivity index (χ1v) is 8.11. The van der Waals surface area contributed by atoms with Crippen molar-refractivity contribution in [3.05, 3.63) is 64.7 Å². The number of amides is 1. The number of hydrogen-bond donors (Lipinski definition) is 5. The maximum atomic E-state index is 12.2. The molecule has 25 heavy (non-hydrogen) atoms. The van der Waals surface area contributed by atoms with Crippen LogP contribution in [0.25, 0.3) is 0 Å². The lowest BCUT2D eigenvalue weighted by atomic mass is 9.75. The highest BCUT2D eigenvalue weighted by atomic mass is 16.4. The molecule has 0 aliphatic rings. The number of rotatable bonds is 7. The van der Waals surface area contributed by atoms with E-state index in [2.05, 4.69) is 5.32 Å². The second kappa shape index (κ2) is 8.66. The first-order chi connectivity index (χ1) is 11.9. The molecule has 132 valence electrons. The molecule has 0 spiro atoms. The zero-order valence-corrected chi connectivity index (χ0v) is 14.1. The minimum absolute atomic E-state index is 0.0954. The normalized spacial score (nSPS) is 11.8. The van der Waals surface area contributed by atoms with Gasteiger partial charge in [-0.3, -0.25) is 4.79 Å². The van der Waals surface area contributed by atoms with Gasteiger partial charge in [0.15, 0.2) is 0 Å². The molecule has 6 nitrogen and oxygen atoms in total. The predicted octanol–water partition coefficient (Wildman–Crippen LogP) is 0.441. The first kappa shape index (κ1) is 19.0. The van der Waals surface area contributed by atoms with E-state index in [4.69, 9.17) is 5.73 Å². The van der Waals surface area contributed by atoms with Crippen LogP contribution >= 0.6 is 0 Å². The van der Waals surface area contributed by atoms with Crippen molar-refractivity contribution >= 4 is 13.0 Å². The van der Waals surface area contributed by atoms with E-state index in [1.807, 2.05) is 24.3 Å². The van der Waals surface area contributed by atoms with E-state index in [1.54, 1.807) is 25.1 Å². The zero-order chi connectivity index (χ0) is 18.4. The second-order valence-corrected chi connectivity index (χ2v) is 6.08. The van der Waals surface area contributed by atoms with E-state index in [9.17, 15) is 19.9 Å². The van der Waals surface area contributed by atoms with Gasteiger partial charge in [0.1, 0.15) is 5.75 Å². The van der Waals surface area contributed by atoms with Gasteiger partial charge >= 0.3 is 7.12 Å². The Labute approximate surface area is 147 Å². The van der Waals surface area contributed by atoms with Gasteiger partial charge in [-0.2, -0.15) is 0 Å². The largest absolute Gasteiger partial charge is 0.507 e. The van der Waals surface area contributed by atoms with E-state index in [0.717, 1.165) is 11.1 Å². The zero-order valence-electron chi connectivity index (χ0n) is 14.1. The van der Waals surface area contributed by atoms with Crippen LogP contribution < -0.4 is 11.1 Å². The van der Waals surface area contributed by atoms with Gasteiger partial charge in [-0.05, 0) is 35.6 Å². The SMILES string of the molecule is Cc1cccc(C[C@H](NC(=O)Cc2cccc(CN)c2)B(O)O)c1O. The average molecular weight is 342 g/mol. The summed E-state index contributed by atoms with van der Waals surface area (Å²) in [4.78, 5) is 12.2. The molecule has 0 aromatic heterocycles. The molecule has 2 aromatic rings. The van der Waals surface area contributed by atoms with Crippen LogP contribution in [0.5, 0.6) is 5.75 Å². The third kappa shape index (κ3) is 5.32. The van der Waals surface area contributed by atoms with Crippen LogP contribution in [0.4, 0.5) is 0 Å². The highest BCUT2D eigenvalue weighted by Gasteiger charge is 2.26. The van der Waals surface area contributed by atoms with Crippen molar-refractivity contribution in [3.8, 4) is 5.75 Å². The molecule has 7 heteroatoms. The number of nitrogens with two attached hydrogens (primary N) is 1. The molecule has 6 N–H and O–H groups in total. The van der Waals surface area contributed by atoms with E-state index in [-0.39, 0.29) is 24.5 Å². The summed E-state index contributed by atoms with van der Waals surface area (Å²) < 4.78 is 0. The standard InChI is InChI=1S/C18H23BN2O4/c1-12-4-2-7-15(18(12)23)10-16(19(24)25)21-17(22)9-13-5-3-6-14(8-13)11-20/h2-8,16,23-25H,9-11,20H2,1H3,(H,21,22)/t16-/m0/s1. The summed E-state index contributed by atoms with van der Waals surface area (Å²) in [5, 5.41) is 31.8. The molecule has 0 aliphatic heterocycles. The Balaban J connectivity index is 2.05. The number of phenolic OH excluding ortho intramolecular Hbond substituents is 1. The molecule has 0 unspecified atom stereocenters. The van der Waals surface area contributed by atoms with Gasteiger partial charge < -0.3 is 26.2 Å². The third-order valence-electron chi connectivity index (χ3n) is 4.06. The van der Waals surface area contributed by atoms with E-state index in [1.165, 1.54) is 0 Å². The Bertz CT molecular complexity index is 737. The fourth-order valence-electron chi connectivity index (χ4n) is 2.66. The quantitative estimate of drug-likeness (QED) is 0.468. The smallest absolute Gasteiger partial charge is 0.475 e. The molecule has 0 saturated carbocycles. The van der Waals surface area contributed by atoms with Crippen molar-refractivity contribution in [3.63, 3.8) is 0 Å². The van der Waals surface area contributed by atoms with Crippen LogP contribution in [-0.4, -0.2) is 34.1 Å². The van der Waals surface area contributed by atoms with Crippen LogP contribution in [0.3, 0.4) is 0 Å². The number of para-hydroxylation sites is 1. The molecule has 1 amide bonds. The number of benzene rings is 2. The molecule has 0 saturated heterocycles. The van der Waals surface area contributed by atoms with E-state index < -0.39 is 13.1 Å². The lowest BCUT2D eigenvalue weighted by molar-refractivity contribution is -0.120. The average Bonchev–Trinajstić information content (AvgIpc) is 2.58. The summed E-state index contributed by atoms with van der Waals surface area (Å²) in [6.07, 6.45) is 0.219. The summed E-state index contributed by atoms with van der Waals surface area (Å²) >= 11 is 0. The highest BCUT2D eigenvalue weighted by molar-refractivity contribution is 6.43. The predicted molar refractivity (Wildman–Crippen MR) is 96.7 cm³/mol. The van der Waals surface area contributed by atoms with E-state index >= 15 is 0 Å². The molecular weight excluding hydrogens is 319 g/mol. The van der Waals surface area contributed by atoms with Crippen molar-refractivity contribution < 1.29 is 19.9 Å². The lowest BCUT2D eigenvalue weighted by Crippen LogP contribution is -2.48. The number of carbonyl (C=O) groups is 1. The first-order valence-electron chi connectivity index (χ1n) is 8.11. The van der Waals surface area contributed by atoms with Crippen molar-refractivity contribution in [2.45, 2.75) is 32.3 Å². The molecule has 0 heterocycles.